The molecule has 0 spiro atoms. The summed E-state index contributed by atoms with van der Waals surface area (Å²) in [5.41, 5.74) is 0.397. The molecule has 1 aliphatic heterocycles. The molecule has 1 aromatic heterocycles. The summed E-state index contributed by atoms with van der Waals surface area (Å²) in [5.74, 6) is 1.18. The second-order valence-corrected chi connectivity index (χ2v) is 10.9. The van der Waals surface area contributed by atoms with Crippen molar-refractivity contribution in [2.24, 2.45) is 0 Å². The number of methoxy groups -OCH3 is 1. The molecule has 4 rings (SSSR count). The molecule has 1 fully saturated rings. The lowest BCUT2D eigenvalue weighted by Crippen LogP contribution is -2.37. The van der Waals surface area contributed by atoms with Gasteiger partial charge in [-0.2, -0.15) is 0 Å². The van der Waals surface area contributed by atoms with E-state index in [9.17, 15) is 8.42 Å². The molecule has 2 aromatic carbocycles. The normalized spacial score (nSPS) is 14.2. The number of halogens is 2. The van der Waals surface area contributed by atoms with Gasteiger partial charge >= 0.3 is 0 Å². The largest absolute Gasteiger partial charge is 0.497 e. The number of hydrogen-bond donors (Lipinski definition) is 1. The number of nitrogens with one attached hydrogen (secondary N) is 1. The van der Waals surface area contributed by atoms with E-state index in [4.69, 9.17) is 26.1 Å². The summed E-state index contributed by atoms with van der Waals surface area (Å²) in [6.07, 6.45) is 1.69. The zero-order valence-electron chi connectivity index (χ0n) is 17.5. The lowest BCUT2D eigenvalue weighted by atomic mass is 10.3. The topological polar surface area (TPSA) is 93.6 Å². The van der Waals surface area contributed by atoms with Gasteiger partial charge in [-0.25, -0.2) is 18.4 Å². The number of hydrogen-bond acceptors (Lipinski definition) is 8. The van der Waals surface area contributed by atoms with Gasteiger partial charge in [-0.1, -0.05) is 23.4 Å². The van der Waals surface area contributed by atoms with Crippen molar-refractivity contribution >= 4 is 61.0 Å². The fraction of sp³-hybridized carbons (Fsp3) is 0.238. The minimum absolute atomic E-state index is 0.108. The molecule has 1 aliphatic rings. The van der Waals surface area contributed by atoms with Crippen LogP contribution in [0.5, 0.6) is 5.75 Å². The maximum atomic E-state index is 13.0. The fourth-order valence-corrected chi connectivity index (χ4v) is 5.64. The maximum absolute atomic E-state index is 13.0. The van der Waals surface area contributed by atoms with Crippen LogP contribution >= 0.6 is 39.3 Å². The van der Waals surface area contributed by atoms with E-state index in [0.29, 0.717) is 63.1 Å². The Hall–Kier alpha value is -2.05. The van der Waals surface area contributed by atoms with Crippen LogP contribution in [0.15, 0.2) is 68.0 Å². The van der Waals surface area contributed by atoms with Crippen molar-refractivity contribution in [1.82, 2.24) is 9.97 Å². The Labute approximate surface area is 209 Å². The van der Waals surface area contributed by atoms with Crippen molar-refractivity contribution in [3.63, 3.8) is 0 Å². The SMILES string of the molecule is COc1ccc(NS(=O)(=O)c2ccc(Cl)cc2)c(Sc2nc(N3CCOCC3)ncc2Br)c1. The Morgan fingerprint density at radius 3 is 2.61 bits per heavy atom. The van der Waals surface area contributed by atoms with Gasteiger partial charge in [-0.15, -0.1) is 0 Å². The highest BCUT2D eigenvalue weighted by molar-refractivity contribution is 9.10. The number of benzene rings is 2. The van der Waals surface area contributed by atoms with Crippen LogP contribution in [0.25, 0.3) is 0 Å². The van der Waals surface area contributed by atoms with Gasteiger partial charge in [0.25, 0.3) is 10.0 Å². The molecule has 3 aromatic rings. The Balaban J connectivity index is 1.66. The molecule has 12 heteroatoms. The lowest BCUT2D eigenvalue weighted by molar-refractivity contribution is 0.122. The van der Waals surface area contributed by atoms with Gasteiger partial charge in [0.1, 0.15) is 10.8 Å². The molecule has 0 amide bonds. The molecule has 8 nitrogen and oxygen atoms in total. The summed E-state index contributed by atoms with van der Waals surface area (Å²) >= 11 is 10.7. The number of rotatable bonds is 7. The number of morpholine rings is 1. The molecule has 0 bridgehead atoms. The number of aromatic nitrogens is 2. The molecule has 0 aliphatic carbocycles. The van der Waals surface area contributed by atoms with Crippen LogP contribution in [0, 0.1) is 0 Å². The van der Waals surface area contributed by atoms with E-state index in [1.165, 1.54) is 36.0 Å². The van der Waals surface area contributed by atoms with Gasteiger partial charge in [0.2, 0.25) is 5.95 Å². The third-order valence-corrected chi connectivity index (χ3v) is 8.30. The molecule has 33 heavy (non-hydrogen) atoms. The van der Waals surface area contributed by atoms with Crippen molar-refractivity contribution in [1.29, 1.82) is 0 Å². The molecule has 0 saturated carbocycles. The van der Waals surface area contributed by atoms with E-state index in [-0.39, 0.29) is 4.90 Å². The number of anilines is 2. The van der Waals surface area contributed by atoms with Crippen molar-refractivity contribution in [3.05, 3.63) is 58.2 Å². The monoisotopic (exact) mass is 570 g/mol. The third-order valence-electron chi connectivity index (χ3n) is 4.76. The van der Waals surface area contributed by atoms with Crippen molar-refractivity contribution in [2.45, 2.75) is 14.8 Å². The average Bonchev–Trinajstić information content (AvgIpc) is 2.82. The molecule has 1 N–H and O–H groups in total. The molecular weight excluding hydrogens is 552 g/mol. The summed E-state index contributed by atoms with van der Waals surface area (Å²) in [6, 6.07) is 11.1. The van der Waals surface area contributed by atoms with Crippen LogP contribution in [-0.2, 0) is 14.8 Å². The highest BCUT2D eigenvalue weighted by Gasteiger charge is 2.20. The van der Waals surface area contributed by atoms with Crippen LogP contribution in [0.1, 0.15) is 0 Å². The molecule has 2 heterocycles. The Morgan fingerprint density at radius 2 is 1.91 bits per heavy atom. The van der Waals surface area contributed by atoms with Gasteiger partial charge in [0.15, 0.2) is 0 Å². The minimum Gasteiger partial charge on any atom is -0.497 e. The van der Waals surface area contributed by atoms with Gasteiger partial charge in [-0.05, 0) is 58.4 Å². The second-order valence-electron chi connectivity index (χ2n) is 6.95. The summed E-state index contributed by atoms with van der Waals surface area (Å²) in [6.45, 7) is 2.65. The molecule has 0 atom stereocenters. The van der Waals surface area contributed by atoms with E-state index in [1.807, 2.05) is 0 Å². The molecule has 1 saturated heterocycles. The van der Waals surface area contributed by atoms with Gasteiger partial charge < -0.3 is 14.4 Å². The standard InChI is InChI=1S/C21H20BrClN4O4S2/c1-30-15-4-7-18(26-33(28,29)16-5-2-14(23)3-6-16)19(12-15)32-20-17(22)13-24-21(25-20)27-8-10-31-11-9-27/h2-7,12-13,26H,8-11H2,1H3. The van der Waals surface area contributed by atoms with E-state index in [0.717, 1.165) is 0 Å². The molecular formula is C21H20BrClN4O4S2. The van der Waals surface area contributed by atoms with Crippen LogP contribution in [0.2, 0.25) is 5.02 Å². The van der Waals surface area contributed by atoms with Crippen LogP contribution < -0.4 is 14.4 Å². The summed E-state index contributed by atoms with van der Waals surface area (Å²) in [7, 11) is -2.28. The first-order valence-electron chi connectivity index (χ1n) is 9.85. The fourth-order valence-electron chi connectivity index (χ4n) is 3.05. The van der Waals surface area contributed by atoms with Crippen molar-refractivity contribution in [3.8, 4) is 5.75 Å². The number of ether oxygens (including phenoxy) is 2. The zero-order valence-corrected chi connectivity index (χ0v) is 21.5. The predicted octanol–water partition coefficient (Wildman–Crippen LogP) is 4.69. The highest BCUT2D eigenvalue weighted by Crippen LogP contribution is 2.39. The first-order chi connectivity index (χ1) is 15.9. The average molecular weight is 572 g/mol. The first kappa shape index (κ1) is 24.1. The van der Waals surface area contributed by atoms with Crippen LogP contribution in [0.4, 0.5) is 11.6 Å². The number of nitrogens with zero attached hydrogens (tertiary/aromatic N) is 3. The van der Waals surface area contributed by atoms with E-state index in [1.54, 1.807) is 31.5 Å². The molecule has 174 valence electrons. The second kappa shape index (κ2) is 10.5. The summed E-state index contributed by atoms with van der Waals surface area (Å²) < 4.78 is 40.0. The Kier molecular flexibility index (Phi) is 7.65. The predicted molar refractivity (Wildman–Crippen MR) is 132 cm³/mol. The van der Waals surface area contributed by atoms with Gasteiger partial charge in [0, 0.05) is 29.2 Å². The molecule has 0 radical (unpaired) electrons. The lowest BCUT2D eigenvalue weighted by Gasteiger charge is -2.27. The maximum Gasteiger partial charge on any atom is 0.261 e. The quantitative estimate of drug-likeness (QED) is 0.408. The van der Waals surface area contributed by atoms with E-state index < -0.39 is 10.0 Å². The van der Waals surface area contributed by atoms with Crippen molar-refractivity contribution < 1.29 is 17.9 Å². The third kappa shape index (κ3) is 5.90. The molecule has 0 unspecified atom stereocenters. The van der Waals surface area contributed by atoms with Crippen LogP contribution in [0.3, 0.4) is 0 Å². The summed E-state index contributed by atoms with van der Waals surface area (Å²) in [5, 5.41) is 1.10. The highest BCUT2D eigenvalue weighted by atomic mass is 79.9. The first-order valence-corrected chi connectivity index (χ1v) is 13.3. The van der Waals surface area contributed by atoms with Crippen LogP contribution in [-0.4, -0.2) is 51.8 Å². The summed E-state index contributed by atoms with van der Waals surface area (Å²) in [4.78, 5) is 11.9. The van der Waals surface area contributed by atoms with Gasteiger partial charge in [0.05, 0.1) is 35.4 Å². The van der Waals surface area contributed by atoms with Gasteiger partial charge in [-0.3, -0.25) is 4.72 Å². The Bertz CT molecular complexity index is 1240. The number of sulfonamides is 1. The van der Waals surface area contributed by atoms with E-state index >= 15 is 0 Å². The van der Waals surface area contributed by atoms with Crippen molar-refractivity contribution in [2.75, 3.05) is 43.0 Å². The zero-order chi connectivity index (χ0) is 23.4. The van der Waals surface area contributed by atoms with E-state index in [2.05, 4.69) is 30.5 Å². The Morgan fingerprint density at radius 1 is 1.18 bits per heavy atom. The minimum atomic E-state index is -3.83. The smallest absolute Gasteiger partial charge is 0.261 e.